The number of likely N-dealkylation sites (tertiary alicyclic amines) is 1. The van der Waals surface area contributed by atoms with Crippen molar-refractivity contribution in [2.75, 3.05) is 13.1 Å². The fourth-order valence-corrected chi connectivity index (χ4v) is 3.64. The second-order valence-corrected chi connectivity index (χ2v) is 8.59. The first-order chi connectivity index (χ1) is 12.3. The van der Waals surface area contributed by atoms with E-state index in [2.05, 4.69) is 0 Å². The molecule has 0 radical (unpaired) electrons. The molecule has 0 bridgehead atoms. The van der Waals surface area contributed by atoms with E-state index in [4.69, 9.17) is 17.9 Å². The molecule has 1 aliphatic heterocycles. The third-order valence-corrected chi connectivity index (χ3v) is 4.78. The molecule has 144 valence electrons. The van der Waals surface area contributed by atoms with Gasteiger partial charge >= 0.3 is 6.09 Å². The summed E-state index contributed by atoms with van der Waals surface area (Å²) in [5.41, 5.74) is 6.11. The summed E-state index contributed by atoms with van der Waals surface area (Å²) < 4.78 is 28.9. The lowest BCUT2D eigenvalue weighted by atomic mass is 9.71. The maximum Gasteiger partial charge on any atom is 0.410 e. The Morgan fingerprint density at radius 3 is 2.48 bits per heavy atom. The first-order valence-corrected chi connectivity index (χ1v) is 9.43. The number of rotatable bonds is 3. The minimum absolute atomic E-state index is 0.0325. The van der Waals surface area contributed by atoms with E-state index in [0.29, 0.717) is 18.8 Å². The van der Waals surface area contributed by atoms with E-state index in [0.717, 1.165) is 12.8 Å². The van der Waals surface area contributed by atoms with Crippen LogP contribution in [0.3, 0.4) is 0 Å². The molecule has 3 atom stereocenters. The molecule has 0 spiro atoms. The summed E-state index contributed by atoms with van der Waals surface area (Å²) in [6, 6.07) is 0. The van der Waals surface area contributed by atoms with Gasteiger partial charge in [-0.05, 0) is 71.6 Å². The third-order valence-electron chi connectivity index (χ3n) is 4.78. The van der Waals surface area contributed by atoms with Crippen molar-refractivity contribution >= 4 is 6.09 Å². The van der Waals surface area contributed by atoms with E-state index in [1.165, 1.54) is 0 Å². The van der Waals surface area contributed by atoms with Crippen LogP contribution in [0, 0.1) is 17.8 Å². The van der Waals surface area contributed by atoms with Crippen LogP contribution in [0.2, 0.25) is 0 Å². The monoisotopic (exact) mass is 354 g/mol. The summed E-state index contributed by atoms with van der Waals surface area (Å²) in [6.07, 6.45) is 0.834. The number of ether oxygens (including phenoxy) is 2. The first-order valence-electron chi connectivity index (χ1n) is 10.4. The molecule has 1 saturated heterocycles. The summed E-state index contributed by atoms with van der Waals surface area (Å²) >= 11 is 0. The number of carbonyl (C=O) groups excluding carboxylic acids is 1. The number of piperidine rings is 1. The fourth-order valence-electron chi connectivity index (χ4n) is 3.64. The van der Waals surface area contributed by atoms with E-state index >= 15 is 0 Å². The fraction of sp³-hybridized carbons (Fsp3) is 0.850. The van der Waals surface area contributed by atoms with E-state index < -0.39 is 18.1 Å². The van der Waals surface area contributed by atoms with Gasteiger partial charge in [0.05, 0.1) is 12.2 Å². The van der Waals surface area contributed by atoms with E-state index in [-0.39, 0.29) is 30.0 Å². The molecule has 0 aromatic carbocycles. The molecule has 1 fully saturated rings. The Kier molecular flexibility index (Phi) is 5.49. The maximum atomic E-state index is 12.3. The second-order valence-electron chi connectivity index (χ2n) is 8.59. The lowest BCUT2D eigenvalue weighted by Gasteiger charge is -2.41. The van der Waals surface area contributed by atoms with Crippen molar-refractivity contribution in [2.45, 2.75) is 78.6 Å². The number of hydrogen-bond donors (Lipinski definition) is 1. The van der Waals surface area contributed by atoms with Gasteiger partial charge in [0.2, 0.25) is 0 Å². The van der Waals surface area contributed by atoms with Crippen LogP contribution < -0.4 is 5.73 Å². The highest BCUT2D eigenvalue weighted by Crippen LogP contribution is 2.39. The lowest BCUT2D eigenvalue weighted by molar-refractivity contribution is -0.0116. The van der Waals surface area contributed by atoms with Crippen LogP contribution in [0.25, 0.3) is 0 Å². The number of hydrogen-bond acceptors (Lipinski definition) is 4. The normalized spacial score (nSPS) is 32.0. The average Bonchev–Trinajstić information content (AvgIpc) is 2.49. The van der Waals surface area contributed by atoms with Crippen molar-refractivity contribution in [3.05, 3.63) is 11.8 Å². The van der Waals surface area contributed by atoms with Gasteiger partial charge in [0, 0.05) is 21.5 Å². The van der Waals surface area contributed by atoms with Gasteiger partial charge in [-0.25, -0.2) is 4.79 Å². The number of allylic oxidation sites excluding steroid dienone is 1. The van der Waals surface area contributed by atoms with Gasteiger partial charge in [-0.15, -0.1) is 0 Å². The van der Waals surface area contributed by atoms with Crippen LogP contribution in [0.1, 0.15) is 63.5 Å². The highest BCUT2D eigenvalue weighted by molar-refractivity contribution is 5.68. The molecule has 25 heavy (non-hydrogen) atoms. The van der Waals surface area contributed by atoms with Gasteiger partial charge in [-0.3, -0.25) is 0 Å². The van der Waals surface area contributed by atoms with Crippen LogP contribution in [-0.4, -0.2) is 41.9 Å². The molecule has 0 saturated carbocycles. The number of carbonyl (C=O) groups is 1. The van der Waals surface area contributed by atoms with E-state index in [1.54, 1.807) is 4.90 Å². The molecule has 2 N–H and O–H groups in total. The van der Waals surface area contributed by atoms with Crippen LogP contribution in [0.5, 0.6) is 0 Å². The zero-order valence-electron chi connectivity index (χ0n) is 18.5. The summed E-state index contributed by atoms with van der Waals surface area (Å²) in [5, 5.41) is 0. The Hall–Kier alpha value is -1.23. The summed E-state index contributed by atoms with van der Waals surface area (Å²) in [7, 11) is 0. The van der Waals surface area contributed by atoms with Crippen LogP contribution in [0.4, 0.5) is 4.79 Å². The first kappa shape index (κ1) is 17.2. The number of amides is 1. The molecule has 5 nitrogen and oxygen atoms in total. The van der Waals surface area contributed by atoms with Gasteiger partial charge < -0.3 is 20.1 Å². The van der Waals surface area contributed by atoms with Gasteiger partial charge in [0.1, 0.15) is 5.60 Å². The van der Waals surface area contributed by atoms with E-state index in [1.807, 2.05) is 47.6 Å². The molecule has 1 aliphatic carbocycles. The Balaban J connectivity index is 2.09. The summed E-state index contributed by atoms with van der Waals surface area (Å²) in [4.78, 5) is 14.0. The summed E-state index contributed by atoms with van der Waals surface area (Å²) in [5.74, 6) is 0.0238. The minimum Gasteiger partial charge on any atom is -0.444 e. The molecule has 0 aromatic heterocycles. The lowest BCUT2D eigenvalue weighted by Crippen LogP contribution is -2.45. The van der Waals surface area contributed by atoms with E-state index in [9.17, 15) is 4.79 Å². The number of nitrogens with two attached hydrogens (primary N) is 1. The quantitative estimate of drug-likeness (QED) is 0.834. The predicted molar refractivity (Wildman–Crippen MR) is 100 cm³/mol. The maximum absolute atomic E-state index is 12.3. The zero-order chi connectivity index (χ0) is 20.6. The van der Waals surface area contributed by atoms with Crippen molar-refractivity contribution in [3.63, 3.8) is 0 Å². The highest BCUT2D eigenvalue weighted by Gasteiger charge is 2.37. The second kappa shape index (κ2) is 7.98. The van der Waals surface area contributed by atoms with Crippen molar-refractivity contribution in [2.24, 2.45) is 23.5 Å². The molecule has 3 unspecified atom stereocenters. The van der Waals surface area contributed by atoms with Crippen LogP contribution in [0.15, 0.2) is 11.8 Å². The molecular formula is C20H36N2O3. The molecule has 2 aliphatic rings. The molecule has 1 heterocycles. The molecule has 0 aromatic rings. The molecule has 2 rings (SSSR count). The van der Waals surface area contributed by atoms with Crippen LogP contribution >= 0.6 is 0 Å². The Morgan fingerprint density at radius 1 is 1.36 bits per heavy atom. The Labute approximate surface area is 155 Å². The molecule has 1 amide bonds. The third kappa shape index (κ3) is 5.63. The van der Waals surface area contributed by atoms with Gasteiger partial charge in [0.25, 0.3) is 0 Å². The SMILES string of the molecule is [2H]C1([2H])C(OC(C)C)C(N)=CC(C)C1C1CCN(C(=O)OC(C)(C)C)CC1. The van der Waals surface area contributed by atoms with Gasteiger partial charge in [-0.2, -0.15) is 0 Å². The van der Waals surface area contributed by atoms with Crippen molar-refractivity contribution in [1.29, 1.82) is 0 Å². The van der Waals surface area contributed by atoms with Crippen molar-refractivity contribution in [3.8, 4) is 0 Å². The highest BCUT2D eigenvalue weighted by atomic mass is 16.6. The largest absolute Gasteiger partial charge is 0.444 e. The van der Waals surface area contributed by atoms with Crippen LogP contribution in [-0.2, 0) is 9.47 Å². The molecular weight excluding hydrogens is 316 g/mol. The smallest absolute Gasteiger partial charge is 0.410 e. The standard InChI is InChI=1S/C20H36N2O3/c1-13(2)24-18-12-16(14(3)11-17(18)21)15-7-9-22(10-8-15)19(23)25-20(4,5)6/h11,13-16,18H,7-10,12,21H2,1-6H3/i12D2. The summed E-state index contributed by atoms with van der Waals surface area (Å²) in [6.45, 7) is 12.6. The predicted octanol–water partition coefficient (Wildman–Crippen LogP) is 3.93. The Bertz CT molecular complexity index is 564. The zero-order valence-corrected chi connectivity index (χ0v) is 16.5. The topological polar surface area (TPSA) is 64.8 Å². The van der Waals surface area contributed by atoms with Crippen molar-refractivity contribution in [1.82, 2.24) is 4.90 Å². The number of nitrogens with zero attached hydrogens (tertiary/aromatic N) is 1. The minimum atomic E-state index is -1.54. The van der Waals surface area contributed by atoms with Crippen molar-refractivity contribution < 1.29 is 17.0 Å². The molecule has 5 heteroatoms. The Morgan fingerprint density at radius 2 is 1.96 bits per heavy atom. The van der Waals surface area contributed by atoms with Gasteiger partial charge in [0.15, 0.2) is 0 Å². The average molecular weight is 355 g/mol. The van der Waals surface area contributed by atoms with Gasteiger partial charge in [-0.1, -0.05) is 13.0 Å².